The van der Waals surface area contributed by atoms with E-state index >= 15 is 0 Å². The average Bonchev–Trinajstić information content (AvgIpc) is 2.81. The van der Waals surface area contributed by atoms with Gasteiger partial charge < -0.3 is 10.2 Å². The molecule has 0 saturated carbocycles. The van der Waals surface area contributed by atoms with Crippen molar-refractivity contribution in [2.45, 2.75) is 25.3 Å². The number of nitrogens with one attached hydrogen (secondary N) is 1. The van der Waals surface area contributed by atoms with Crippen LogP contribution in [0.25, 0.3) is 0 Å². The number of piperidine rings is 1. The van der Waals surface area contributed by atoms with Gasteiger partial charge in [-0.3, -0.25) is 0 Å². The normalized spacial score (nSPS) is 16.5. The predicted octanol–water partition coefficient (Wildman–Crippen LogP) is 5.55. The zero-order valence-electron chi connectivity index (χ0n) is 16.8. The summed E-state index contributed by atoms with van der Waals surface area (Å²) in [7, 11) is 0. The molecule has 3 heterocycles. The van der Waals surface area contributed by atoms with Crippen molar-refractivity contribution in [3.63, 3.8) is 0 Å². The van der Waals surface area contributed by atoms with Crippen LogP contribution in [-0.2, 0) is 6.54 Å². The van der Waals surface area contributed by atoms with Crippen LogP contribution in [0.15, 0.2) is 102 Å². The van der Waals surface area contributed by atoms with Crippen LogP contribution < -0.4 is 5.32 Å². The lowest BCUT2D eigenvalue weighted by Gasteiger charge is -2.47. The highest BCUT2D eigenvalue weighted by molar-refractivity contribution is 5.44. The molecule has 1 saturated heterocycles. The lowest BCUT2D eigenvalue weighted by molar-refractivity contribution is 0.188. The van der Waals surface area contributed by atoms with Gasteiger partial charge in [-0.1, -0.05) is 91.0 Å². The Labute approximate surface area is 173 Å². The molecule has 146 valence electrons. The zero-order valence-corrected chi connectivity index (χ0v) is 16.8. The van der Waals surface area contributed by atoms with Crippen LogP contribution in [0.1, 0.15) is 35.4 Å². The molecule has 1 N–H and O–H groups in total. The number of nitrogens with zero attached hydrogens (tertiary/aromatic N) is 1. The molecule has 0 aromatic heterocycles. The van der Waals surface area contributed by atoms with Crippen molar-refractivity contribution < 1.29 is 0 Å². The summed E-state index contributed by atoms with van der Waals surface area (Å²) in [5, 5.41) is 3.88. The van der Waals surface area contributed by atoms with Gasteiger partial charge in [0.15, 0.2) is 0 Å². The Morgan fingerprint density at radius 3 is 1.79 bits per heavy atom. The van der Waals surface area contributed by atoms with Crippen molar-refractivity contribution in [3.05, 3.63) is 119 Å². The molecule has 0 radical (unpaired) electrons. The molecule has 2 bridgehead atoms. The smallest absolute Gasteiger partial charge is 0.0507 e. The number of benzene rings is 3. The van der Waals surface area contributed by atoms with Gasteiger partial charge in [-0.15, -0.1) is 0 Å². The SMILES string of the molecule is c1ccc(CNC2=C(C(c3ccccc3)c3ccccc3)N3CCC2CC3)cc1. The minimum atomic E-state index is 0.277. The third-order valence-corrected chi connectivity index (χ3v) is 6.38. The van der Waals surface area contributed by atoms with Gasteiger partial charge in [-0.2, -0.15) is 0 Å². The van der Waals surface area contributed by atoms with Crippen LogP contribution in [-0.4, -0.2) is 18.0 Å². The number of hydrogen-bond acceptors (Lipinski definition) is 2. The number of fused-ring (bicyclic) bond motifs is 2. The van der Waals surface area contributed by atoms with Crippen molar-refractivity contribution in [2.75, 3.05) is 13.1 Å². The van der Waals surface area contributed by atoms with E-state index in [1.54, 1.807) is 0 Å². The van der Waals surface area contributed by atoms with Crippen LogP contribution in [0.3, 0.4) is 0 Å². The molecule has 0 unspecified atom stereocenters. The molecule has 2 heteroatoms. The average molecular weight is 381 g/mol. The van der Waals surface area contributed by atoms with Crippen LogP contribution >= 0.6 is 0 Å². The zero-order chi connectivity index (χ0) is 19.5. The van der Waals surface area contributed by atoms with Gasteiger partial charge in [0.25, 0.3) is 0 Å². The van der Waals surface area contributed by atoms with Gasteiger partial charge in [0.1, 0.15) is 0 Å². The number of rotatable bonds is 6. The van der Waals surface area contributed by atoms with Crippen LogP contribution in [0.5, 0.6) is 0 Å². The molecule has 3 aliphatic heterocycles. The predicted molar refractivity (Wildman–Crippen MR) is 119 cm³/mol. The Kier molecular flexibility index (Phi) is 5.08. The van der Waals surface area contributed by atoms with Gasteiger partial charge >= 0.3 is 0 Å². The first-order chi connectivity index (χ1) is 14.4. The molecule has 1 fully saturated rings. The highest BCUT2D eigenvalue weighted by Crippen LogP contribution is 2.43. The molecule has 3 aliphatic rings. The largest absolute Gasteiger partial charge is 0.383 e. The second-order valence-corrected chi connectivity index (χ2v) is 8.15. The van der Waals surface area contributed by atoms with Gasteiger partial charge in [0, 0.05) is 36.9 Å². The molecular formula is C27H28N2. The Bertz CT molecular complexity index is 916. The summed E-state index contributed by atoms with van der Waals surface area (Å²) in [6.07, 6.45) is 2.52. The molecule has 3 aromatic carbocycles. The molecule has 0 amide bonds. The van der Waals surface area contributed by atoms with Crippen molar-refractivity contribution in [1.29, 1.82) is 0 Å². The summed E-state index contributed by atoms with van der Waals surface area (Å²) in [5.74, 6) is 0.924. The number of allylic oxidation sites excluding steroid dienone is 2. The van der Waals surface area contributed by atoms with E-state index in [2.05, 4.69) is 101 Å². The van der Waals surface area contributed by atoms with E-state index < -0.39 is 0 Å². The Morgan fingerprint density at radius 1 is 0.724 bits per heavy atom. The van der Waals surface area contributed by atoms with Gasteiger partial charge in [0.05, 0.1) is 5.92 Å². The molecular weight excluding hydrogens is 352 g/mol. The fraction of sp³-hybridized carbons (Fsp3) is 0.259. The van der Waals surface area contributed by atoms with Crippen molar-refractivity contribution in [1.82, 2.24) is 10.2 Å². The summed E-state index contributed by atoms with van der Waals surface area (Å²) in [6.45, 7) is 3.24. The summed E-state index contributed by atoms with van der Waals surface area (Å²) < 4.78 is 0. The highest BCUT2D eigenvalue weighted by Gasteiger charge is 2.37. The topological polar surface area (TPSA) is 15.3 Å². The second kappa shape index (κ2) is 8.16. The summed E-state index contributed by atoms with van der Waals surface area (Å²) >= 11 is 0. The second-order valence-electron chi connectivity index (χ2n) is 8.15. The molecule has 29 heavy (non-hydrogen) atoms. The van der Waals surface area contributed by atoms with Crippen molar-refractivity contribution in [3.8, 4) is 0 Å². The van der Waals surface area contributed by atoms with Crippen LogP contribution in [0, 0.1) is 5.92 Å². The maximum absolute atomic E-state index is 3.88. The van der Waals surface area contributed by atoms with Crippen molar-refractivity contribution in [2.24, 2.45) is 5.92 Å². The first-order valence-corrected chi connectivity index (χ1v) is 10.8. The molecule has 0 spiro atoms. The fourth-order valence-corrected chi connectivity index (χ4v) is 4.95. The maximum atomic E-state index is 3.88. The number of hydrogen-bond donors (Lipinski definition) is 1. The Hall–Kier alpha value is -3.00. The quantitative estimate of drug-likeness (QED) is 0.603. The van der Waals surface area contributed by atoms with E-state index in [0.29, 0.717) is 5.92 Å². The van der Waals surface area contributed by atoms with Crippen LogP contribution in [0.2, 0.25) is 0 Å². The minimum Gasteiger partial charge on any atom is -0.383 e. The third kappa shape index (κ3) is 3.67. The van der Waals surface area contributed by atoms with E-state index in [9.17, 15) is 0 Å². The van der Waals surface area contributed by atoms with Crippen molar-refractivity contribution >= 4 is 0 Å². The van der Waals surface area contributed by atoms with E-state index in [-0.39, 0.29) is 5.92 Å². The minimum absolute atomic E-state index is 0.277. The molecule has 6 rings (SSSR count). The first kappa shape index (κ1) is 18.1. The molecule has 2 nitrogen and oxygen atoms in total. The molecule has 0 aliphatic carbocycles. The van der Waals surface area contributed by atoms with E-state index in [1.807, 2.05) is 0 Å². The van der Waals surface area contributed by atoms with E-state index in [4.69, 9.17) is 0 Å². The van der Waals surface area contributed by atoms with E-state index in [1.165, 1.54) is 54.0 Å². The lowest BCUT2D eigenvalue weighted by atomic mass is 9.78. The van der Waals surface area contributed by atoms with Crippen LogP contribution in [0.4, 0.5) is 0 Å². The summed E-state index contributed by atoms with van der Waals surface area (Å²) in [5.41, 5.74) is 7.04. The van der Waals surface area contributed by atoms with Gasteiger partial charge in [0.2, 0.25) is 0 Å². The standard InChI is InChI=1S/C27H28N2/c1-4-10-21(11-5-1)20-28-26-24-16-18-29(19-17-24)27(26)25(22-12-6-2-7-13-22)23-14-8-3-9-15-23/h1-15,24-25,28H,16-20H2. The maximum Gasteiger partial charge on any atom is 0.0507 e. The summed E-state index contributed by atoms with van der Waals surface area (Å²) in [6, 6.07) is 32.8. The van der Waals surface area contributed by atoms with Gasteiger partial charge in [-0.05, 0) is 29.5 Å². The summed E-state index contributed by atoms with van der Waals surface area (Å²) in [4.78, 5) is 2.64. The first-order valence-electron chi connectivity index (χ1n) is 10.8. The molecule has 0 atom stereocenters. The highest BCUT2D eigenvalue weighted by atomic mass is 15.2. The molecule has 3 aromatic rings. The Balaban J connectivity index is 1.59. The fourth-order valence-electron chi connectivity index (χ4n) is 4.95. The monoisotopic (exact) mass is 380 g/mol. The van der Waals surface area contributed by atoms with Gasteiger partial charge in [-0.25, -0.2) is 0 Å². The Morgan fingerprint density at radius 2 is 1.24 bits per heavy atom. The third-order valence-electron chi connectivity index (χ3n) is 6.38. The van der Waals surface area contributed by atoms with E-state index in [0.717, 1.165) is 6.54 Å². The lowest BCUT2D eigenvalue weighted by Crippen LogP contribution is -2.45.